The first-order valence-electron chi connectivity index (χ1n) is 7.33. The topological polar surface area (TPSA) is 92.4 Å². The van der Waals surface area contributed by atoms with Crippen LogP contribution in [-0.2, 0) is 15.0 Å². The maximum absolute atomic E-state index is 12.5. The fraction of sp³-hybridized carbons (Fsp3) is 0.500. The molecule has 21 heavy (non-hydrogen) atoms. The molecule has 1 fully saturated rings. The van der Waals surface area contributed by atoms with Crippen molar-refractivity contribution in [1.82, 2.24) is 5.32 Å². The predicted molar refractivity (Wildman–Crippen MR) is 80.9 cm³/mol. The van der Waals surface area contributed by atoms with Gasteiger partial charge in [-0.05, 0) is 50.3 Å². The van der Waals surface area contributed by atoms with Crippen LogP contribution in [-0.4, -0.2) is 23.0 Å². The van der Waals surface area contributed by atoms with E-state index >= 15 is 0 Å². The standard InChI is InChI=1S/C16H22N2O3/c1-11(3-2-4-14(19)20)18-15(21)16(9-10-16)12-5-7-13(17)8-6-12/h5-8,11H,2-4,9-10,17H2,1H3,(H,18,21)(H,19,20). The van der Waals surface area contributed by atoms with Crippen LogP contribution in [0.3, 0.4) is 0 Å². The Hall–Kier alpha value is -2.04. The van der Waals surface area contributed by atoms with Crippen LogP contribution in [0.2, 0.25) is 0 Å². The number of nitrogens with two attached hydrogens (primary N) is 1. The number of benzene rings is 1. The van der Waals surface area contributed by atoms with Crippen LogP contribution in [0.4, 0.5) is 5.69 Å². The van der Waals surface area contributed by atoms with E-state index in [9.17, 15) is 9.59 Å². The van der Waals surface area contributed by atoms with Gasteiger partial charge in [-0.2, -0.15) is 0 Å². The Bertz CT molecular complexity index is 521. The van der Waals surface area contributed by atoms with E-state index in [-0.39, 0.29) is 18.4 Å². The molecule has 1 amide bonds. The van der Waals surface area contributed by atoms with Crippen molar-refractivity contribution in [3.8, 4) is 0 Å². The van der Waals surface area contributed by atoms with E-state index in [0.717, 1.165) is 18.4 Å². The third kappa shape index (κ3) is 3.74. The van der Waals surface area contributed by atoms with Gasteiger partial charge in [0.2, 0.25) is 5.91 Å². The molecule has 0 radical (unpaired) electrons. The number of rotatable bonds is 7. The highest BCUT2D eigenvalue weighted by Crippen LogP contribution is 2.48. The summed E-state index contributed by atoms with van der Waals surface area (Å²) in [6.07, 6.45) is 3.10. The van der Waals surface area contributed by atoms with E-state index in [1.54, 1.807) is 0 Å². The van der Waals surface area contributed by atoms with Crippen LogP contribution in [0.25, 0.3) is 0 Å². The van der Waals surface area contributed by atoms with Crippen LogP contribution in [0.5, 0.6) is 0 Å². The lowest BCUT2D eigenvalue weighted by atomic mass is 9.94. The number of amides is 1. The second-order valence-corrected chi connectivity index (χ2v) is 5.86. The van der Waals surface area contributed by atoms with Crippen molar-refractivity contribution in [3.05, 3.63) is 29.8 Å². The zero-order chi connectivity index (χ0) is 15.5. The largest absolute Gasteiger partial charge is 0.481 e. The van der Waals surface area contributed by atoms with Gasteiger partial charge in [0, 0.05) is 18.2 Å². The van der Waals surface area contributed by atoms with Crippen molar-refractivity contribution in [2.45, 2.75) is 50.5 Å². The molecule has 0 aromatic heterocycles. The van der Waals surface area contributed by atoms with E-state index in [1.807, 2.05) is 31.2 Å². The molecule has 5 heteroatoms. The minimum atomic E-state index is -0.797. The summed E-state index contributed by atoms with van der Waals surface area (Å²) in [5, 5.41) is 11.6. The fourth-order valence-electron chi connectivity index (χ4n) is 2.57. The number of carbonyl (C=O) groups excluding carboxylic acids is 1. The Balaban J connectivity index is 1.90. The number of carbonyl (C=O) groups is 2. The van der Waals surface area contributed by atoms with Gasteiger partial charge in [-0.1, -0.05) is 12.1 Å². The molecule has 1 aliphatic carbocycles. The van der Waals surface area contributed by atoms with E-state index in [2.05, 4.69) is 5.32 Å². The summed E-state index contributed by atoms with van der Waals surface area (Å²) < 4.78 is 0. The summed E-state index contributed by atoms with van der Waals surface area (Å²) in [5.41, 5.74) is 6.97. The summed E-state index contributed by atoms with van der Waals surface area (Å²) in [6, 6.07) is 7.45. The number of carboxylic acids is 1. The third-order valence-electron chi connectivity index (χ3n) is 4.05. The second kappa shape index (κ2) is 6.16. The van der Waals surface area contributed by atoms with E-state index in [1.165, 1.54) is 0 Å². The average molecular weight is 290 g/mol. The van der Waals surface area contributed by atoms with E-state index < -0.39 is 11.4 Å². The van der Waals surface area contributed by atoms with Gasteiger partial charge < -0.3 is 16.2 Å². The minimum absolute atomic E-state index is 0.0110. The first-order valence-corrected chi connectivity index (χ1v) is 7.33. The Labute approximate surface area is 124 Å². The predicted octanol–water partition coefficient (Wildman–Crippen LogP) is 2.06. The van der Waals surface area contributed by atoms with Crippen molar-refractivity contribution in [2.75, 3.05) is 5.73 Å². The highest BCUT2D eigenvalue weighted by molar-refractivity contribution is 5.91. The molecule has 5 nitrogen and oxygen atoms in total. The molecule has 0 bridgehead atoms. The molecule has 2 rings (SSSR count). The van der Waals surface area contributed by atoms with Crippen molar-refractivity contribution in [1.29, 1.82) is 0 Å². The maximum Gasteiger partial charge on any atom is 0.303 e. The van der Waals surface area contributed by atoms with Crippen LogP contribution in [0, 0.1) is 0 Å². The first-order chi connectivity index (χ1) is 9.94. The molecule has 114 valence electrons. The van der Waals surface area contributed by atoms with Crippen LogP contribution < -0.4 is 11.1 Å². The fourth-order valence-corrected chi connectivity index (χ4v) is 2.57. The zero-order valence-corrected chi connectivity index (χ0v) is 12.3. The highest BCUT2D eigenvalue weighted by Gasteiger charge is 2.51. The van der Waals surface area contributed by atoms with Crippen molar-refractivity contribution in [2.24, 2.45) is 0 Å². The Morgan fingerprint density at radius 1 is 1.33 bits per heavy atom. The van der Waals surface area contributed by atoms with Crippen molar-refractivity contribution < 1.29 is 14.7 Å². The molecule has 0 spiro atoms. The highest BCUT2D eigenvalue weighted by atomic mass is 16.4. The monoisotopic (exact) mass is 290 g/mol. The third-order valence-corrected chi connectivity index (χ3v) is 4.05. The number of carboxylic acid groups (broad SMARTS) is 1. The number of anilines is 1. The lowest BCUT2D eigenvalue weighted by Crippen LogP contribution is -2.40. The Morgan fingerprint density at radius 3 is 2.48 bits per heavy atom. The van der Waals surface area contributed by atoms with Gasteiger partial charge in [0.15, 0.2) is 0 Å². The molecule has 0 saturated heterocycles. The van der Waals surface area contributed by atoms with Gasteiger partial charge in [0.25, 0.3) is 0 Å². The molecular formula is C16H22N2O3. The van der Waals surface area contributed by atoms with Gasteiger partial charge in [0.1, 0.15) is 0 Å². The van der Waals surface area contributed by atoms with Crippen LogP contribution >= 0.6 is 0 Å². The van der Waals surface area contributed by atoms with Crippen molar-refractivity contribution >= 4 is 17.6 Å². The lowest BCUT2D eigenvalue weighted by Gasteiger charge is -2.20. The number of nitrogen functional groups attached to an aromatic ring is 1. The van der Waals surface area contributed by atoms with Crippen LogP contribution in [0.1, 0.15) is 44.6 Å². The molecular weight excluding hydrogens is 268 g/mol. The molecule has 1 aliphatic rings. The molecule has 4 N–H and O–H groups in total. The van der Waals surface area contributed by atoms with Gasteiger partial charge in [-0.25, -0.2) is 0 Å². The molecule has 1 saturated carbocycles. The average Bonchev–Trinajstić information content (AvgIpc) is 3.20. The minimum Gasteiger partial charge on any atom is -0.481 e. The summed E-state index contributed by atoms with van der Waals surface area (Å²) >= 11 is 0. The normalized spacial score (nSPS) is 17.0. The molecule has 1 aromatic rings. The Morgan fingerprint density at radius 2 is 1.95 bits per heavy atom. The van der Waals surface area contributed by atoms with Gasteiger partial charge >= 0.3 is 5.97 Å². The van der Waals surface area contributed by atoms with Gasteiger partial charge in [-0.3, -0.25) is 9.59 Å². The maximum atomic E-state index is 12.5. The Kier molecular flexibility index (Phi) is 4.50. The smallest absolute Gasteiger partial charge is 0.303 e. The molecule has 1 atom stereocenters. The zero-order valence-electron chi connectivity index (χ0n) is 12.3. The first kappa shape index (κ1) is 15.4. The number of hydrogen-bond donors (Lipinski definition) is 3. The molecule has 1 aromatic carbocycles. The lowest BCUT2D eigenvalue weighted by molar-refractivity contribution is -0.137. The number of hydrogen-bond acceptors (Lipinski definition) is 3. The molecule has 0 heterocycles. The summed E-state index contributed by atoms with van der Waals surface area (Å²) in [7, 11) is 0. The van der Waals surface area contributed by atoms with Gasteiger partial charge in [0.05, 0.1) is 5.41 Å². The molecule has 0 aliphatic heterocycles. The van der Waals surface area contributed by atoms with Crippen LogP contribution in [0.15, 0.2) is 24.3 Å². The number of aliphatic carboxylic acids is 1. The van der Waals surface area contributed by atoms with E-state index in [4.69, 9.17) is 10.8 Å². The molecule has 1 unspecified atom stereocenters. The summed E-state index contributed by atoms with van der Waals surface area (Å²) in [4.78, 5) is 22.9. The quantitative estimate of drug-likeness (QED) is 0.670. The summed E-state index contributed by atoms with van der Waals surface area (Å²) in [5.74, 6) is -0.760. The van der Waals surface area contributed by atoms with Crippen molar-refractivity contribution in [3.63, 3.8) is 0 Å². The van der Waals surface area contributed by atoms with E-state index in [0.29, 0.717) is 18.5 Å². The van der Waals surface area contributed by atoms with Gasteiger partial charge in [-0.15, -0.1) is 0 Å². The second-order valence-electron chi connectivity index (χ2n) is 5.86. The SMILES string of the molecule is CC(CCCC(=O)O)NC(=O)C1(c2ccc(N)cc2)CC1. The summed E-state index contributed by atoms with van der Waals surface area (Å²) in [6.45, 7) is 1.92. The number of nitrogens with one attached hydrogen (secondary N) is 1.